The van der Waals surface area contributed by atoms with Crippen LogP contribution in [0.15, 0.2) is 24.5 Å². The van der Waals surface area contributed by atoms with E-state index in [9.17, 15) is 4.79 Å². The van der Waals surface area contributed by atoms with Gasteiger partial charge in [0, 0.05) is 38.6 Å². The van der Waals surface area contributed by atoms with Crippen molar-refractivity contribution in [3.63, 3.8) is 0 Å². The molecule has 1 aliphatic heterocycles. The summed E-state index contributed by atoms with van der Waals surface area (Å²) >= 11 is 0. The number of piperazine rings is 1. The van der Waals surface area contributed by atoms with E-state index in [1.54, 1.807) is 12.4 Å². The van der Waals surface area contributed by atoms with E-state index in [0.29, 0.717) is 5.56 Å². The van der Waals surface area contributed by atoms with Gasteiger partial charge in [-0.1, -0.05) is 0 Å². The topological polar surface area (TPSA) is 39.7 Å². The predicted molar refractivity (Wildman–Crippen MR) is 79.8 cm³/mol. The average molecular weight is 276 g/mol. The third-order valence-electron chi connectivity index (χ3n) is 3.65. The molecular weight excluding hydrogens is 252 g/mol. The van der Waals surface area contributed by atoms with Crippen molar-refractivity contribution >= 4 is 5.91 Å². The summed E-state index contributed by atoms with van der Waals surface area (Å²) in [5.74, 6) is 0.103. The van der Waals surface area contributed by atoms with Crippen LogP contribution in [0.25, 0.3) is 0 Å². The first-order valence-electron chi connectivity index (χ1n) is 7.23. The molecule has 0 radical (unpaired) electrons. The van der Waals surface area contributed by atoms with Gasteiger partial charge in [0.15, 0.2) is 0 Å². The standard InChI is InChI=1S/C15H24N4O/c1-17(2)7-4-8-18-9-11-19(12-10-18)15(20)14-5-3-6-16-13-14/h3,5-6,13H,4,7-12H2,1-2H3. The Morgan fingerprint density at radius 3 is 2.65 bits per heavy atom. The molecule has 5 nitrogen and oxygen atoms in total. The molecule has 0 aliphatic carbocycles. The van der Waals surface area contributed by atoms with E-state index >= 15 is 0 Å². The van der Waals surface area contributed by atoms with Gasteiger partial charge in [0.05, 0.1) is 5.56 Å². The van der Waals surface area contributed by atoms with Gasteiger partial charge in [-0.15, -0.1) is 0 Å². The molecule has 0 unspecified atom stereocenters. The zero-order valence-corrected chi connectivity index (χ0v) is 12.5. The molecular formula is C15H24N4O. The highest BCUT2D eigenvalue weighted by Crippen LogP contribution is 2.08. The maximum Gasteiger partial charge on any atom is 0.255 e. The smallest absolute Gasteiger partial charge is 0.255 e. The van der Waals surface area contributed by atoms with Crippen LogP contribution >= 0.6 is 0 Å². The number of hydrogen-bond donors (Lipinski definition) is 0. The van der Waals surface area contributed by atoms with Crippen molar-refractivity contribution in [2.24, 2.45) is 0 Å². The molecule has 0 N–H and O–H groups in total. The normalized spacial score (nSPS) is 16.6. The molecule has 0 atom stereocenters. The van der Waals surface area contributed by atoms with Gasteiger partial charge < -0.3 is 9.80 Å². The molecule has 1 fully saturated rings. The summed E-state index contributed by atoms with van der Waals surface area (Å²) in [6.45, 7) is 5.81. The van der Waals surface area contributed by atoms with Crippen molar-refractivity contribution in [3.8, 4) is 0 Å². The third-order valence-corrected chi connectivity index (χ3v) is 3.65. The summed E-state index contributed by atoms with van der Waals surface area (Å²) in [6.07, 6.45) is 4.52. The number of carbonyl (C=O) groups is 1. The number of amides is 1. The molecule has 1 aromatic rings. The Hall–Kier alpha value is -1.46. The van der Waals surface area contributed by atoms with Gasteiger partial charge in [0.25, 0.3) is 5.91 Å². The maximum atomic E-state index is 12.3. The van der Waals surface area contributed by atoms with Crippen LogP contribution in [-0.4, -0.2) is 79.0 Å². The van der Waals surface area contributed by atoms with E-state index in [2.05, 4.69) is 28.9 Å². The number of pyridine rings is 1. The Labute approximate surface area is 121 Å². The first kappa shape index (κ1) is 14.9. The fourth-order valence-corrected chi connectivity index (χ4v) is 2.46. The molecule has 2 rings (SSSR count). The molecule has 0 saturated carbocycles. The lowest BCUT2D eigenvalue weighted by molar-refractivity contribution is 0.0633. The zero-order chi connectivity index (χ0) is 14.4. The Balaban J connectivity index is 1.75. The van der Waals surface area contributed by atoms with Crippen molar-refractivity contribution < 1.29 is 4.79 Å². The van der Waals surface area contributed by atoms with Gasteiger partial charge in [-0.2, -0.15) is 0 Å². The van der Waals surface area contributed by atoms with E-state index < -0.39 is 0 Å². The number of hydrogen-bond acceptors (Lipinski definition) is 4. The van der Waals surface area contributed by atoms with Gasteiger partial charge in [-0.3, -0.25) is 14.7 Å². The first-order chi connectivity index (χ1) is 9.66. The lowest BCUT2D eigenvalue weighted by Crippen LogP contribution is -2.49. The van der Waals surface area contributed by atoms with Crippen LogP contribution in [-0.2, 0) is 0 Å². The lowest BCUT2D eigenvalue weighted by atomic mass is 10.2. The highest BCUT2D eigenvalue weighted by atomic mass is 16.2. The van der Waals surface area contributed by atoms with Crippen LogP contribution in [0.3, 0.4) is 0 Å². The van der Waals surface area contributed by atoms with Gasteiger partial charge in [-0.25, -0.2) is 0 Å². The highest BCUT2D eigenvalue weighted by molar-refractivity contribution is 5.93. The number of aromatic nitrogens is 1. The molecule has 2 heterocycles. The number of carbonyl (C=O) groups excluding carboxylic acids is 1. The molecule has 110 valence electrons. The Bertz CT molecular complexity index is 413. The van der Waals surface area contributed by atoms with Gasteiger partial charge in [-0.05, 0) is 45.7 Å². The minimum absolute atomic E-state index is 0.103. The summed E-state index contributed by atoms with van der Waals surface area (Å²) in [6, 6.07) is 3.64. The van der Waals surface area contributed by atoms with Crippen LogP contribution < -0.4 is 0 Å². The molecule has 0 bridgehead atoms. The molecule has 0 spiro atoms. The summed E-state index contributed by atoms with van der Waals surface area (Å²) in [5.41, 5.74) is 0.688. The minimum atomic E-state index is 0.103. The van der Waals surface area contributed by atoms with Crippen LogP contribution in [0.5, 0.6) is 0 Å². The number of nitrogens with zero attached hydrogens (tertiary/aromatic N) is 4. The van der Waals surface area contributed by atoms with Crippen LogP contribution in [0.4, 0.5) is 0 Å². The third kappa shape index (κ3) is 4.28. The number of rotatable bonds is 5. The molecule has 5 heteroatoms. The fourth-order valence-electron chi connectivity index (χ4n) is 2.46. The van der Waals surface area contributed by atoms with Crippen molar-refractivity contribution in [2.45, 2.75) is 6.42 Å². The summed E-state index contributed by atoms with van der Waals surface area (Å²) in [4.78, 5) is 22.9. The van der Waals surface area contributed by atoms with Crippen LogP contribution in [0.2, 0.25) is 0 Å². The quantitative estimate of drug-likeness (QED) is 0.797. The summed E-state index contributed by atoms with van der Waals surface area (Å²) in [7, 11) is 4.20. The van der Waals surface area contributed by atoms with Crippen LogP contribution in [0, 0.1) is 0 Å². The summed E-state index contributed by atoms with van der Waals surface area (Å²) in [5, 5.41) is 0. The molecule has 0 aromatic carbocycles. The predicted octanol–water partition coefficient (Wildman–Crippen LogP) is 0.791. The molecule has 20 heavy (non-hydrogen) atoms. The second-order valence-electron chi connectivity index (χ2n) is 5.53. The zero-order valence-electron chi connectivity index (χ0n) is 12.5. The van der Waals surface area contributed by atoms with Gasteiger partial charge >= 0.3 is 0 Å². The minimum Gasteiger partial charge on any atom is -0.336 e. The van der Waals surface area contributed by atoms with Gasteiger partial charge in [0.1, 0.15) is 0 Å². The lowest BCUT2D eigenvalue weighted by Gasteiger charge is -2.34. The fraction of sp³-hybridized carbons (Fsp3) is 0.600. The van der Waals surface area contributed by atoms with E-state index in [-0.39, 0.29) is 5.91 Å². The SMILES string of the molecule is CN(C)CCCN1CCN(C(=O)c2cccnc2)CC1. The monoisotopic (exact) mass is 276 g/mol. The molecule has 1 aliphatic rings. The average Bonchev–Trinajstić information content (AvgIpc) is 2.48. The second kappa shape index (κ2) is 7.36. The van der Waals surface area contributed by atoms with E-state index in [4.69, 9.17) is 0 Å². The van der Waals surface area contributed by atoms with E-state index in [0.717, 1.165) is 39.3 Å². The van der Waals surface area contributed by atoms with E-state index in [1.807, 2.05) is 17.0 Å². The highest BCUT2D eigenvalue weighted by Gasteiger charge is 2.21. The second-order valence-corrected chi connectivity index (χ2v) is 5.53. The molecule has 1 saturated heterocycles. The van der Waals surface area contributed by atoms with Crippen molar-refractivity contribution in [3.05, 3.63) is 30.1 Å². The Kier molecular flexibility index (Phi) is 5.49. The van der Waals surface area contributed by atoms with Crippen molar-refractivity contribution in [1.82, 2.24) is 19.7 Å². The van der Waals surface area contributed by atoms with Crippen molar-refractivity contribution in [2.75, 3.05) is 53.4 Å². The van der Waals surface area contributed by atoms with Crippen LogP contribution in [0.1, 0.15) is 16.8 Å². The first-order valence-corrected chi connectivity index (χ1v) is 7.23. The Morgan fingerprint density at radius 1 is 1.30 bits per heavy atom. The molecule has 1 amide bonds. The maximum absolute atomic E-state index is 12.3. The molecule has 1 aromatic heterocycles. The Morgan fingerprint density at radius 2 is 2.05 bits per heavy atom. The van der Waals surface area contributed by atoms with E-state index in [1.165, 1.54) is 6.42 Å². The largest absolute Gasteiger partial charge is 0.336 e. The van der Waals surface area contributed by atoms with Crippen molar-refractivity contribution in [1.29, 1.82) is 0 Å². The summed E-state index contributed by atoms with van der Waals surface area (Å²) < 4.78 is 0. The van der Waals surface area contributed by atoms with Gasteiger partial charge in [0.2, 0.25) is 0 Å².